The van der Waals surface area contributed by atoms with Gasteiger partial charge in [0.05, 0.1) is 11.6 Å². The third kappa shape index (κ3) is 2.00. The molecule has 3 rings (SSSR count). The molecule has 0 atom stereocenters. The molecule has 1 saturated carbocycles. The summed E-state index contributed by atoms with van der Waals surface area (Å²) < 4.78 is 43.6. The fourth-order valence-electron chi connectivity index (χ4n) is 1.83. The van der Waals surface area contributed by atoms with Crippen molar-refractivity contribution < 1.29 is 17.7 Å². The SMILES string of the molecule is FC(F)(F)c1ccccc1-c1[c]c(C2CC2)on1. The molecule has 0 N–H and O–H groups in total. The second kappa shape index (κ2) is 3.86. The largest absolute Gasteiger partial charge is 0.417 e. The van der Waals surface area contributed by atoms with Crippen LogP contribution in [0.2, 0.25) is 0 Å². The smallest absolute Gasteiger partial charge is 0.360 e. The summed E-state index contributed by atoms with van der Waals surface area (Å²) in [6, 6.07) is 8.15. The molecule has 1 aliphatic rings. The Morgan fingerprint density at radius 2 is 1.94 bits per heavy atom. The molecule has 5 heteroatoms. The van der Waals surface area contributed by atoms with Gasteiger partial charge >= 0.3 is 6.18 Å². The van der Waals surface area contributed by atoms with Crippen LogP contribution in [-0.4, -0.2) is 5.16 Å². The summed E-state index contributed by atoms with van der Waals surface area (Å²) in [7, 11) is 0. The Balaban J connectivity index is 2.04. The van der Waals surface area contributed by atoms with Gasteiger partial charge in [0.2, 0.25) is 0 Å². The maximum atomic E-state index is 12.8. The summed E-state index contributed by atoms with van der Waals surface area (Å²) in [4.78, 5) is 0. The van der Waals surface area contributed by atoms with Crippen molar-refractivity contribution >= 4 is 0 Å². The number of hydrogen-bond donors (Lipinski definition) is 0. The summed E-state index contributed by atoms with van der Waals surface area (Å²) in [5, 5.41) is 3.69. The van der Waals surface area contributed by atoms with Crippen molar-refractivity contribution in [3.63, 3.8) is 0 Å². The third-order valence-corrected chi connectivity index (χ3v) is 2.91. The van der Waals surface area contributed by atoms with Crippen molar-refractivity contribution in [3.8, 4) is 11.3 Å². The van der Waals surface area contributed by atoms with Gasteiger partial charge in [-0.15, -0.1) is 0 Å². The first kappa shape index (κ1) is 11.3. The molecule has 0 bridgehead atoms. The fourth-order valence-corrected chi connectivity index (χ4v) is 1.83. The van der Waals surface area contributed by atoms with Gasteiger partial charge in [0, 0.05) is 11.5 Å². The average Bonchev–Trinajstić information content (AvgIpc) is 3.06. The number of aromatic nitrogens is 1. The summed E-state index contributed by atoms with van der Waals surface area (Å²) in [5.74, 6) is 0.839. The van der Waals surface area contributed by atoms with Crippen molar-refractivity contribution in [2.45, 2.75) is 24.9 Å². The van der Waals surface area contributed by atoms with E-state index in [1.54, 1.807) is 6.07 Å². The fraction of sp³-hybridized carbons (Fsp3) is 0.308. The molecule has 0 amide bonds. The van der Waals surface area contributed by atoms with E-state index in [1.807, 2.05) is 0 Å². The zero-order valence-electron chi connectivity index (χ0n) is 9.29. The molecular formula is C13H9F3NO. The Kier molecular flexibility index (Phi) is 2.43. The molecule has 93 valence electrons. The Morgan fingerprint density at radius 1 is 1.22 bits per heavy atom. The number of halogens is 3. The average molecular weight is 252 g/mol. The van der Waals surface area contributed by atoms with Gasteiger partial charge < -0.3 is 4.52 Å². The lowest BCUT2D eigenvalue weighted by Crippen LogP contribution is -2.06. The predicted molar refractivity (Wildman–Crippen MR) is 57.8 cm³/mol. The van der Waals surface area contributed by atoms with Crippen LogP contribution < -0.4 is 0 Å². The van der Waals surface area contributed by atoms with Gasteiger partial charge in [0.1, 0.15) is 11.5 Å². The van der Waals surface area contributed by atoms with E-state index in [1.165, 1.54) is 12.1 Å². The zero-order valence-corrected chi connectivity index (χ0v) is 9.29. The molecule has 0 spiro atoms. The van der Waals surface area contributed by atoms with E-state index in [2.05, 4.69) is 11.2 Å². The van der Waals surface area contributed by atoms with Crippen LogP contribution in [-0.2, 0) is 6.18 Å². The van der Waals surface area contributed by atoms with Crippen LogP contribution in [0, 0.1) is 6.07 Å². The first-order chi connectivity index (χ1) is 8.55. The van der Waals surface area contributed by atoms with Gasteiger partial charge in [0.25, 0.3) is 0 Å². The van der Waals surface area contributed by atoms with E-state index >= 15 is 0 Å². The molecule has 1 aromatic carbocycles. The van der Waals surface area contributed by atoms with Crippen LogP contribution in [0.3, 0.4) is 0 Å². The van der Waals surface area contributed by atoms with Gasteiger partial charge in [-0.05, 0) is 18.9 Å². The highest BCUT2D eigenvalue weighted by atomic mass is 19.4. The van der Waals surface area contributed by atoms with Crippen molar-refractivity contribution in [2.24, 2.45) is 0 Å². The van der Waals surface area contributed by atoms with Gasteiger partial charge in [-0.2, -0.15) is 13.2 Å². The van der Waals surface area contributed by atoms with Gasteiger partial charge in [0.15, 0.2) is 0 Å². The Labute approximate surface area is 101 Å². The van der Waals surface area contributed by atoms with Crippen molar-refractivity contribution in [2.75, 3.05) is 0 Å². The summed E-state index contributed by atoms with van der Waals surface area (Å²) in [6.45, 7) is 0. The number of nitrogens with zero attached hydrogens (tertiary/aromatic N) is 1. The summed E-state index contributed by atoms with van der Waals surface area (Å²) in [6.07, 6.45) is -2.42. The van der Waals surface area contributed by atoms with Crippen molar-refractivity contribution in [1.29, 1.82) is 0 Å². The van der Waals surface area contributed by atoms with Crippen LogP contribution in [0.1, 0.15) is 30.1 Å². The maximum absolute atomic E-state index is 12.8. The number of hydrogen-bond acceptors (Lipinski definition) is 2. The second-order valence-corrected chi connectivity index (χ2v) is 4.34. The number of benzene rings is 1. The molecule has 0 aliphatic heterocycles. The molecule has 1 fully saturated rings. The van der Waals surface area contributed by atoms with Crippen molar-refractivity contribution in [3.05, 3.63) is 41.7 Å². The minimum Gasteiger partial charge on any atom is -0.360 e. The van der Waals surface area contributed by atoms with E-state index in [-0.39, 0.29) is 17.2 Å². The monoisotopic (exact) mass is 252 g/mol. The lowest BCUT2D eigenvalue weighted by atomic mass is 10.0. The Hall–Kier alpha value is -1.78. The lowest BCUT2D eigenvalue weighted by Gasteiger charge is -2.09. The van der Waals surface area contributed by atoms with Gasteiger partial charge in [-0.3, -0.25) is 0 Å². The molecule has 2 aromatic rings. The van der Waals surface area contributed by atoms with Crippen molar-refractivity contribution in [1.82, 2.24) is 5.16 Å². The first-order valence-electron chi connectivity index (χ1n) is 5.61. The van der Waals surface area contributed by atoms with Gasteiger partial charge in [-0.25, -0.2) is 0 Å². The molecule has 1 aromatic heterocycles. The standard InChI is InChI=1S/C13H9F3NO/c14-13(15,16)10-4-2-1-3-9(10)11-7-12(18-17-11)8-5-6-8/h1-4,8H,5-6H2. The van der Waals surface area contributed by atoms with Crippen LogP contribution in [0.25, 0.3) is 11.3 Å². The minimum atomic E-state index is -4.40. The molecule has 2 nitrogen and oxygen atoms in total. The zero-order chi connectivity index (χ0) is 12.8. The van der Waals surface area contributed by atoms with E-state index in [0.717, 1.165) is 18.9 Å². The predicted octanol–water partition coefficient (Wildman–Crippen LogP) is 4.04. The molecule has 0 saturated heterocycles. The Bertz CT molecular complexity index is 570. The second-order valence-electron chi connectivity index (χ2n) is 4.34. The van der Waals surface area contributed by atoms with E-state index in [4.69, 9.17) is 4.52 Å². The molecule has 0 unspecified atom stereocenters. The molecule has 1 radical (unpaired) electrons. The minimum absolute atomic E-state index is 0.0145. The van der Waals surface area contributed by atoms with Gasteiger partial charge in [-0.1, -0.05) is 23.4 Å². The van der Waals surface area contributed by atoms with Crippen LogP contribution >= 0.6 is 0 Å². The highest BCUT2D eigenvalue weighted by Gasteiger charge is 2.35. The van der Waals surface area contributed by atoms with Crippen LogP contribution in [0.5, 0.6) is 0 Å². The topological polar surface area (TPSA) is 26.0 Å². The van der Waals surface area contributed by atoms with E-state index in [0.29, 0.717) is 5.76 Å². The molecule has 1 aliphatic carbocycles. The maximum Gasteiger partial charge on any atom is 0.417 e. The number of rotatable bonds is 2. The molecule has 1 heterocycles. The molecule has 18 heavy (non-hydrogen) atoms. The third-order valence-electron chi connectivity index (χ3n) is 2.91. The lowest BCUT2D eigenvalue weighted by molar-refractivity contribution is -0.137. The normalized spacial score (nSPS) is 15.9. The first-order valence-corrected chi connectivity index (χ1v) is 5.61. The highest BCUT2D eigenvalue weighted by Crippen LogP contribution is 2.42. The van der Waals surface area contributed by atoms with E-state index < -0.39 is 11.7 Å². The summed E-state index contributed by atoms with van der Waals surface area (Å²) >= 11 is 0. The van der Waals surface area contributed by atoms with E-state index in [9.17, 15) is 13.2 Å². The molecular weight excluding hydrogens is 243 g/mol. The summed E-state index contributed by atoms with van der Waals surface area (Å²) in [5.41, 5.74) is -0.567. The van der Waals surface area contributed by atoms with Crippen LogP contribution in [0.15, 0.2) is 28.8 Å². The van der Waals surface area contributed by atoms with Crippen LogP contribution in [0.4, 0.5) is 13.2 Å². The quantitative estimate of drug-likeness (QED) is 0.806. The number of alkyl halides is 3. The Morgan fingerprint density at radius 3 is 2.61 bits per heavy atom. The highest BCUT2D eigenvalue weighted by molar-refractivity contribution is 5.63.